The molecular weight excluding hydrogens is 198 g/mol. The monoisotopic (exact) mass is 219 g/mol. The third-order valence-corrected chi connectivity index (χ3v) is 4.18. The van der Waals surface area contributed by atoms with E-state index in [1.807, 2.05) is 0 Å². The van der Waals surface area contributed by atoms with Gasteiger partial charge in [-0.15, -0.1) is 0 Å². The summed E-state index contributed by atoms with van der Waals surface area (Å²) in [7, 11) is 0. The van der Waals surface area contributed by atoms with Crippen molar-refractivity contribution < 1.29 is 4.42 Å². The van der Waals surface area contributed by atoms with Crippen LogP contribution in [0.15, 0.2) is 16.5 Å². The molecule has 2 nitrogen and oxygen atoms in total. The molecule has 0 aliphatic heterocycles. The van der Waals surface area contributed by atoms with Gasteiger partial charge in [-0.05, 0) is 49.1 Å². The van der Waals surface area contributed by atoms with E-state index in [4.69, 9.17) is 4.42 Å². The summed E-state index contributed by atoms with van der Waals surface area (Å²) in [5, 5.41) is 3.57. The Kier molecular flexibility index (Phi) is 2.55. The Hall–Kier alpha value is -0.760. The van der Waals surface area contributed by atoms with Gasteiger partial charge in [0.1, 0.15) is 11.5 Å². The zero-order chi connectivity index (χ0) is 11.0. The van der Waals surface area contributed by atoms with Crippen molar-refractivity contribution in [2.24, 2.45) is 11.3 Å². The maximum absolute atomic E-state index is 5.68. The lowest BCUT2D eigenvalue weighted by Crippen LogP contribution is -2.24. The summed E-state index contributed by atoms with van der Waals surface area (Å²) in [6.07, 6.45) is 6.84. The van der Waals surface area contributed by atoms with Crippen LogP contribution in [0.1, 0.15) is 44.1 Å². The highest BCUT2D eigenvalue weighted by Gasteiger charge is 2.53. The second-order valence-corrected chi connectivity index (χ2v) is 5.46. The van der Waals surface area contributed by atoms with E-state index in [-0.39, 0.29) is 0 Å². The second kappa shape index (κ2) is 3.92. The largest absolute Gasteiger partial charge is 0.465 e. The summed E-state index contributed by atoms with van der Waals surface area (Å²) in [5.74, 6) is 3.23. The number of hydrogen-bond donors (Lipinski definition) is 1. The smallest absolute Gasteiger partial charge is 0.117 e. The molecule has 16 heavy (non-hydrogen) atoms. The Morgan fingerprint density at radius 2 is 2.06 bits per heavy atom. The van der Waals surface area contributed by atoms with Gasteiger partial charge >= 0.3 is 0 Å². The van der Waals surface area contributed by atoms with Crippen LogP contribution in [0.3, 0.4) is 0 Å². The van der Waals surface area contributed by atoms with Crippen LogP contribution >= 0.6 is 0 Å². The van der Waals surface area contributed by atoms with Crippen LogP contribution in [0, 0.1) is 11.3 Å². The lowest BCUT2D eigenvalue weighted by molar-refractivity contribution is 0.382. The molecule has 1 aromatic heterocycles. The van der Waals surface area contributed by atoms with Crippen molar-refractivity contribution in [1.82, 2.24) is 5.32 Å². The topological polar surface area (TPSA) is 25.2 Å². The van der Waals surface area contributed by atoms with Crippen molar-refractivity contribution in [3.8, 4) is 0 Å². The lowest BCUT2D eigenvalue weighted by Gasteiger charge is -2.14. The Morgan fingerprint density at radius 3 is 2.62 bits per heavy atom. The van der Waals surface area contributed by atoms with Crippen LogP contribution in [-0.2, 0) is 13.0 Å². The van der Waals surface area contributed by atoms with Crippen LogP contribution in [0.5, 0.6) is 0 Å². The fraction of sp³-hybridized carbons (Fsp3) is 0.714. The minimum Gasteiger partial charge on any atom is -0.465 e. The zero-order valence-corrected chi connectivity index (χ0v) is 10.1. The van der Waals surface area contributed by atoms with Gasteiger partial charge in [0, 0.05) is 13.0 Å². The van der Waals surface area contributed by atoms with Gasteiger partial charge in [-0.25, -0.2) is 0 Å². The van der Waals surface area contributed by atoms with Crippen molar-refractivity contribution in [3.05, 3.63) is 23.7 Å². The summed E-state index contributed by atoms with van der Waals surface area (Å²) in [6, 6.07) is 4.19. The van der Waals surface area contributed by atoms with Crippen molar-refractivity contribution in [2.45, 2.75) is 45.6 Å². The summed E-state index contributed by atoms with van der Waals surface area (Å²) < 4.78 is 5.68. The molecule has 3 rings (SSSR count). The van der Waals surface area contributed by atoms with E-state index < -0.39 is 0 Å². The molecule has 1 heterocycles. The first kappa shape index (κ1) is 10.4. The van der Waals surface area contributed by atoms with Crippen molar-refractivity contribution in [1.29, 1.82) is 0 Å². The molecule has 0 bridgehead atoms. The molecule has 2 aliphatic rings. The first-order chi connectivity index (χ1) is 7.82. The average Bonchev–Trinajstić information content (AvgIpc) is 3.17. The van der Waals surface area contributed by atoms with Gasteiger partial charge in [-0.3, -0.25) is 0 Å². The normalized spacial score (nSPS) is 22.3. The van der Waals surface area contributed by atoms with Crippen LogP contribution in [0.4, 0.5) is 0 Å². The van der Waals surface area contributed by atoms with Gasteiger partial charge in [0.05, 0.1) is 6.54 Å². The minimum absolute atomic E-state index is 0.695. The number of aryl methyl sites for hydroxylation is 1. The van der Waals surface area contributed by atoms with E-state index in [1.165, 1.54) is 32.2 Å². The molecule has 0 spiro atoms. The number of hydrogen-bond acceptors (Lipinski definition) is 2. The highest BCUT2D eigenvalue weighted by molar-refractivity contribution is 5.08. The SMILES string of the molecule is CCc1ccc(CNCC2(C3CC3)CC2)o1. The fourth-order valence-corrected chi connectivity index (χ4v) is 2.73. The van der Waals surface area contributed by atoms with Gasteiger partial charge in [-0.2, -0.15) is 0 Å². The number of furan rings is 1. The zero-order valence-electron chi connectivity index (χ0n) is 10.1. The molecule has 1 aromatic rings. The molecule has 0 amide bonds. The Balaban J connectivity index is 1.46. The summed E-state index contributed by atoms with van der Waals surface area (Å²) >= 11 is 0. The van der Waals surface area contributed by atoms with Crippen LogP contribution in [0.2, 0.25) is 0 Å². The van der Waals surface area contributed by atoms with Gasteiger partial charge in [0.25, 0.3) is 0 Å². The molecule has 2 heteroatoms. The molecule has 0 radical (unpaired) electrons. The van der Waals surface area contributed by atoms with Crippen molar-refractivity contribution in [2.75, 3.05) is 6.54 Å². The highest BCUT2D eigenvalue weighted by Crippen LogP contribution is 2.60. The predicted molar refractivity (Wildman–Crippen MR) is 64.2 cm³/mol. The predicted octanol–water partition coefficient (Wildman–Crippen LogP) is 3.12. The summed E-state index contributed by atoms with van der Waals surface area (Å²) in [4.78, 5) is 0. The third-order valence-electron chi connectivity index (χ3n) is 4.18. The fourth-order valence-electron chi connectivity index (χ4n) is 2.73. The van der Waals surface area contributed by atoms with E-state index >= 15 is 0 Å². The molecule has 2 aliphatic carbocycles. The molecule has 88 valence electrons. The van der Waals surface area contributed by atoms with E-state index in [9.17, 15) is 0 Å². The quantitative estimate of drug-likeness (QED) is 0.795. The van der Waals surface area contributed by atoms with Crippen LogP contribution in [0.25, 0.3) is 0 Å². The highest BCUT2D eigenvalue weighted by atomic mass is 16.3. The first-order valence-corrected chi connectivity index (χ1v) is 6.61. The standard InChI is InChI=1S/C14H21NO/c1-2-12-5-6-13(16-12)9-15-10-14(7-8-14)11-3-4-11/h5-6,11,15H,2-4,7-10H2,1H3. The molecule has 2 fully saturated rings. The first-order valence-electron chi connectivity index (χ1n) is 6.61. The van der Waals surface area contributed by atoms with Crippen LogP contribution < -0.4 is 5.32 Å². The summed E-state index contributed by atoms with van der Waals surface area (Å²) in [5.41, 5.74) is 0.695. The van der Waals surface area contributed by atoms with Crippen molar-refractivity contribution in [3.63, 3.8) is 0 Å². The van der Waals surface area contributed by atoms with Gasteiger partial charge in [-0.1, -0.05) is 6.92 Å². The van der Waals surface area contributed by atoms with E-state index in [1.54, 1.807) is 0 Å². The van der Waals surface area contributed by atoms with Crippen molar-refractivity contribution >= 4 is 0 Å². The number of nitrogens with one attached hydrogen (secondary N) is 1. The van der Waals surface area contributed by atoms with Gasteiger partial charge < -0.3 is 9.73 Å². The molecule has 0 unspecified atom stereocenters. The maximum atomic E-state index is 5.68. The second-order valence-electron chi connectivity index (χ2n) is 5.46. The lowest BCUT2D eigenvalue weighted by atomic mass is 10.0. The Bertz CT molecular complexity index is 361. The van der Waals surface area contributed by atoms with E-state index in [2.05, 4.69) is 24.4 Å². The Morgan fingerprint density at radius 1 is 1.31 bits per heavy atom. The molecular formula is C14H21NO. The van der Waals surface area contributed by atoms with Crippen LogP contribution in [-0.4, -0.2) is 6.54 Å². The average molecular weight is 219 g/mol. The molecule has 0 saturated heterocycles. The van der Waals surface area contributed by atoms with Gasteiger partial charge in [0.15, 0.2) is 0 Å². The van der Waals surface area contributed by atoms with E-state index in [0.29, 0.717) is 5.41 Å². The number of rotatable bonds is 6. The maximum Gasteiger partial charge on any atom is 0.117 e. The van der Waals surface area contributed by atoms with E-state index in [0.717, 1.165) is 30.4 Å². The Labute approximate surface area is 97.4 Å². The molecule has 0 atom stereocenters. The summed E-state index contributed by atoms with van der Waals surface area (Å²) in [6.45, 7) is 4.22. The molecule has 0 aromatic carbocycles. The molecule has 2 saturated carbocycles. The minimum atomic E-state index is 0.695. The third kappa shape index (κ3) is 2.03. The molecule has 1 N–H and O–H groups in total. The van der Waals surface area contributed by atoms with Gasteiger partial charge in [0.2, 0.25) is 0 Å².